The van der Waals surface area contributed by atoms with Gasteiger partial charge in [0.1, 0.15) is 0 Å². The molecule has 17 heavy (non-hydrogen) atoms. The maximum Gasteiger partial charge on any atom is 0.175 e. The topological polar surface area (TPSA) is 44.5 Å². The zero-order valence-corrected chi connectivity index (χ0v) is 11.3. The summed E-state index contributed by atoms with van der Waals surface area (Å²) in [7, 11) is 0. The molecule has 1 aliphatic carbocycles. The Labute approximate surface area is 109 Å². The van der Waals surface area contributed by atoms with Crippen molar-refractivity contribution in [3.63, 3.8) is 0 Å². The van der Waals surface area contributed by atoms with Gasteiger partial charge in [-0.3, -0.25) is 0 Å². The summed E-state index contributed by atoms with van der Waals surface area (Å²) in [4.78, 5) is 0. The van der Waals surface area contributed by atoms with E-state index in [2.05, 4.69) is 22.0 Å². The highest BCUT2D eigenvalue weighted by Crippen LogP contribution is 2.54. The summed E-state index contributed by atoms with van der Waals surface area (Å²) in [6.45, 7) is 2.12. The van der Waals surface area contributed by atoms with Gasteiger partial charge in [0.2, 0.25) is 0 Å². The number of nitrogens with two attached hydrogens (primary N) is 1. The largest absolute Gasteiger partial charge is 0.489 e. The van der Waals surface area contributed by atoms with E-state index in [9.17, 15) is 0 Å². The molecule has 1 aromatic carbocycles. The van der Waals surface area contributed by atoms with Crippen molar-refractivity contribution in [2.24, 2.45) is 5.73 Å². The van der Waals surface area contributed by atoms with Crippen LogP contribution in [0.3, 0.4) is 0 Å². The highest BCUT2D eigenvalue weighted by Gasteiger charge is 2.46. The molecule has 0 radical (unpaired) electrons. The van der Waals surface area contributed by atoms with Crippen LogP contribution < -0.4 is 15.2 Å². The highest BCUT2D eigenvalue weighted by molar-refractivity contribution is 9.10. The van der Waals surface area contributed by atoms with Crippen molar-refractivity contribution in [2.45, 2.75) is 24.7 Å². The Kier molecular flexibility index (Phi) is 2.79. The van der Waals surface area contributed by atoms with E-state index in [0.29, 0.717) is 13.2 Å². The zero-order chi connectivity index (χ0) is 11.9. The number of benzene rings is 1. The van der Waals surface area contributed by atoms with Gasteiger partial charge in [-0.05, 0) is 34.8 Å². The quantitative estimate of drug-likeness (QED) is 0.913. The van der Waals surface area contributed by atoms with Crippen LogP contribution in [0.15, 0.2) is 16.6 Å². The summed E-state index contributed by atoms with van der Waals surface area (Å²) in [5, 5.41) is 0. The fourth-order valence-electron chi connectivity index (χ4n) is 2.38. The van der Waals surface area contributed by atoms with Gasteiger partial charge in [-0.1, -0.05) is 6.07 Å². The van der Waals surface area contributed by atoms with E-state index >= 15 is 0 Å². The molecule has 1 saturated carbocycles. The van der Waals surface area contributed by atoms with Crippen LogP contribution in [0.5, 0.6) is 11.5 Å². The first-order valence-electron chi connectivity index (χ1n) is 6.05. The molecular formula is C13H16BrNO2. The number of rotatable bonds is 2. The van der Waals surface area contributed by atoms with Gasteiger partial charge in [0.05, 0.1) is 17.7 Å². The second kappa shape index (κ2) is 4.18. The molecule has 0 aromatic heterocycles. The van der Waals surface area contributed by atoms with E-state index in [1.165, 1.54) is 5.56 Å². The van der Waals surface area contributed by atoms with Crippen molar-refractivity contribution in [1.29, 1.82) is 0 Å². The monoisotopic (exact) mass is 297 g/mol. The van der Waals surface area contributed by atoms with Gasteiger partial charge in [0.25, 0.3) is 0 Å². The molecule has 0 amide bonds. The Bertz CT molecular complexity index is 443. The summed E-state index contributed by atoms with van der Waals surface area (Å²) in [6.07, 6.45) is 3.23. The third-order valence-electron chi connectivity index (χ3n) is 3.66. The molecule has 1 heterocycles. The Balaban J connectivity index is 2.10. The highest BCUT2D eigenvalue weighted by atomic mass is 79.9. The first-order chi connectivity index (χ1) is 8.27. The van der Waals surface area contributed by atoms with E-state index in [4.69, 9.17) is 15.2 Å². The standard InChI is InChI=1S/C13H16BrNO2/c14-10-3-2-9(13(8-15)4-5-13)11-12(10)17-7-1-6-16-11/h2-3H,1,4-8,15H2. The van der Waals surface area contributed by atoms with Crippen LogP contribution in [0.25, 0.3) is 0 Å². The maximum atomic E-state index is 5.90. The van der Waals surface area contributed by atoms with E-state index in [1.807, 2.05) is 6.07 Å². The molecule has 0 atom stereocenters. The smallest absolute Gasteiger partial charge is 0.175 e. The SMILES string of the molecule is NCC1(c2ccc(Br)c3c2OCCCO3)CC1. The fourth-order valence-corrected chi connectivity index (χ4v) is 2.80. The number of fused-ring (bicyclic) bond motifs is 1. The van der Waals surface area contributed by atoms with Crippen LogP contribution in [0.2, 0.25) is 0 Å². The van der Waals surface area contributed by atoms with Crippen LogP contribution in [0.4, 0.5) is 0 Å². The van der Waals surface area contributed by atoms with Gasteiger partial charge in [-0.15, -0.1) is 0 Å². The van der Waals surface area contributed by atoms with Crippen molar-refractivity contribution in [2.75, 3.05) is 19.8 Å². The molecule has 2 N–H and O–H groups in total. The summed E-state index contributed by atoms with van der Waals surface area (Å²) in [5.74, 6) is 1.75. The molecule has 2 aliphatic rings. The van der Waals surface area contributed by atoms with Gasteiger partial charge in [-0.2, -0.15) is 0 Å². The minimum Gasteiger partial charge on any atom is -0.489 e. The van der Waals surface area contributed by atoms with E-state index < -0.39 is 0 Å². The van der Waals surface area contributed by atoms with Crippen molar-refractivity contribution in [3.05, 3.63) is 22.2 Å². The van der Waals surface area contributed by atoms with Gasteiger partial charge < -0.3 is 15.2 Å². The number of hydrogen-bond donors (Lipinski definition) is 1. The first kappa shape index (κ1) is 11.4. The lowest BCUT2D eigenvalue weighted by molar-refractivity contribution is 0.295. The Morgan fingerprint density at radius 1 is 1.18 bits per heavy atom. The van der Waals surface area contributed by atoms with E-state index in [0.717, 1.165) is 41.8 Å². The summed E-state index contributed by atoms with van der Waals surface area (Å²) >= 11 is 3.52. The molecule has 0 bridgehead atoms. The second-order valence-corrected chi connectivity index (χ2v) is 5.64. The fraction of sp³-hybridized carbons (Fsp3) is 0.538. The molecule has 0 unspecified atom stereocenters. The lowest BCUT2D eigenvalue weighted by Crippen LogP contribution is -2.20. The Morgan fingerprint density at radius 3 is 2.53 bits per heavy atom. The third kappa shape index (κ3) is 1.83. The summed E-state index contributed by atoms with van der Waals surface area (Å²) in [6, 6.07) is 4.16. The average Bonchev–Trinajstić information content (AvgIpc) is 3.13. The molecule has 3 rings (SSSR count). The van der Waals surface area contributed by atoms with Crippen LogP contribution in [0.1, 0.15) is 24.8 Å². The van der Waals surface area contributed by atoms with Crippen molar-refractivity contribution in [1.82, 2.24) is 0 Å². The predicted octanol–water partition coefficient (Wildman–Crippen LogP) is 2.60. The van der Waals surface area contributed by atoms with E-state index in [1.54, 1.807) is 0 Å². The number of hydrogen-bond acceptors (Lipinski definition) is 3. The van der Waals surface area contributed by atoms with Crippen molar-refractivity contribution < 1.29 is 9.47 Å². The van der Waals surface area contributed by atoms with E-state index in [-0.39, 0.29) is 5.41 Å². The Morgan fingerprint density at radius 2 is 1.88 bits per heavy atom. The second-order valence-electron chi connectivity index (χ2n) is 4.79. The predicted molar refractivity (Wildman–Crippen MR) is 69.7 cm³/mol. The maximum absolute atomic E-state index is 5.90. The van der Waals surface area contributed by atoms with Crippen molar-refractivity contribution >= 4 is 15.9 Å². The Hall–Kier alpha value is -0.740. The molecule has 1 aromatic rings. The number of ether oxygens (including phenoxy) is 2. The van der Waals surface area contributed by atoms with Gasteiger partial charge in [-0.25, -0.2) is 0 Å². The molecule has 1 aliphatic heterocycles. The molecule has 92 valence electrons. The van der Waals surface area contributed by atoms with Crippen LogP contribution in [-0.4, -0.2) is 19.8 Å². The molecule has 1 fully saturated rings. The third-order valence-corrected chi connectivity index (χ3v) is 4.29. The van der Waals surface area contributed by atoms with Gasteiger partial charge >= 0.3 is 0 Å². The first-order valence-corrected chi connectivity index (χ1v) is 6.85. The molecule has 0 spiro atoms. The molecular weight excluding hydrogens is 282 g/mol. The summed E-state index contributed by atoms with van der Waals surface area (Å²) < 4.78 is 12.6. The van der Waals surface area contributed by atoms with Gasteiger partial charge in [0.15, 0.2) is 11.5 Å². The lowest BCUT2D eigenvalue weighted by Gasteiger charge is -2.19. The molecule has 4 heteroatoms. The van der Waals surface area contributed by atoms with Gasteiger partial charge in [0, 0.05) is 23.9 Å². The number of halogens is 1. The minimum atomic E-state index is 0.137. The molecule has 3 nitrogen and oxygen atoms in total. The van der Waals surface area contributed by atoms with Crippen LogP contribution in [0, 0.1) is 0 Å². The average molecular weight is 298 g/mol. The minimum absolute atomic E-state index is 0.137. The van der Waals surface area contributed by atoms with Crippen LogP contribution in [-0.2, 0) is 5.41 Å². The normalized spacial score (nSPS) is 20.8. The lowest BCUT2D eigenvalue weighted by atomic mass is 9.95. The van der Waals surface area contributed by atoms with Crippen LogP contribution >= 0.6 is 15.9 Å². The summed E-state index contributed by atoms with van der Waals surface area (Å²) in [5.41, 5.74) is 7.26. The zero-order valence-electron chi connectivity index (χ0n) is 9.67. The van der Waals surface area contributed by atoms with Crippen molar-refractivity contribution in [3.8, 4) is 11.5 Å². The molecule has 0 saturated heterocycles.